The smallest absolute Gasteiger partial charge is 0.166 e. The fourth-order valence-corrected chi connectivity index (χ4v) is 6.97. The Kier molecular flexibility index (Phi) is 2.76. The van der Waals surface area contributed by atoms with Gasteiger partial charge in [-0.25, -0.2) is 0 Å². The molecule has 6 rings (SSSR count). The van der Waals surface area contributed by atoms with Gasteiger partial charge >= 0.3 is 0 Å². The topological polar surface area (TPSA) is 79.0 Å². The summed E-state index contributed by atoms with van der Waals surface area (Å²) in [6.45, 7) is 4.15. The summed E-state index contributed by atoms with van der Waals surface area (Å²) in [6, 6.07) is 3.77. The molecule has 0 amide bonds. The molecule has 5 nitrogen and oxygen atoms in total. The van der Waals surface area contributed by atoms with Gasteiger partial charge in [-0.05, 0) is 69.5 Å². The highest BCUT2D eigenvalue weighted by atomic mass is 16.5. The molecule has 2 saturated carbocycles. The molecule has 140 valence electrons. The Hall–Kier alpha value is -1.30. The first-order chi connectivity index (χ1) is 12.4. The van der Waals surface area contributed by atoms with Crippen molar-refractivity contribution in [2.24, 2.45) is 11.7 Å². The molecule has 3 aliphatic carbocycles. The van der Waals surface area contributed by atoms with Crippen molar-refractivity contribution in [1.82, 2.24) is 4.90 Å². The van der Waals surface area contributed by atoms with Gasteiger partial charge in [-0.1, -0.05) is 6.07 Å². The van der Waals surface area contributed by atoms with E-state index in [1.54, 1.807) is 6.07 Å². The van der Waals surface area contributed by atoms with Crippen LogP contribution in [0.15, 0.2) is 12.1 Å². The van der Waals surface area contributed by atoms with E-state index < -0.39 is 16.6 Å². The molecule has 1 aromatic rings. The summed E-state index contributed by atoms with van der Waals surface area (Å²) < 4.78 is 6.45. The Bertz CT molecular complexity index is 809. The number of nitrogens with two attached hydrogens (primary N) is 1. The van der Waals surface area contributed by atoms with Gasteiger partial charge in [-0.15, -0.1) is 0 Å². The Morgan fingerprint density at radius 2 is 2.08 bits per heavy atom. The number of hydrogen-bond acceptors (Lipinski definition) is 5. The van der Waals surface area contributed by atoms with Crippen LogP contribution in [-0.4, -0.2) is 51.5 Å². The largest absolute Gasteiger partial charge is 0.504 e. The highest BCUT2D eigenvalue weighted by Crippen LogP contribution is 2.69. The highest BCUT2D eigenvalue weighted by molar-refractivity contribution is 5.64. The van der Waals surface area contributed by atoms with E-state index >= 15 is 0 Å². The molecule has 1 aromatic carbocycles. The van der Waals surface area contributed by atoms with E-state index in [0.717, 1.165) is 43.8 Å². The number of nitrogens with zero attached hydrogens (tertiary/aromatic N) is 1. The van der Waals surface area contributed by atoms with Gasteiger partial charge in [0.15, 0.2) is 11.5 Å². The molecule has 0 radical (unpaired) electrons. The summed E-state index contributed by atoms with van der Waals surface area (Å²) in [5.41, 5.74) is 6.87. The van der Waals surface area contributed by atoms with Crippen molar-refractivity contribution < 1.29 is 14.9 Å². The van der Waals surface area contributed by atoms with Gasteiger partial charge in [0.2, 0.25) is 0 Å². The van der Waals surface area contributed by atoms with E-state index in [0.29, 0.717) is 12.2 Å². The van der Waals surface area contributed by atoms with Crippen LogP contribution in [0, 0.1) is 5.92 Å². The van der Waals surface area contributed by atoms with Gasteiger partial charge in [0.05, 0.1) is 11.0 Å². The number of aromatic hydroxyl groups is 1. The molecule has 0 aromatic heterocycles. The van der Waals surface area contributed by atoms with E-state index in [2.05, 4.69) is 11.8 Å². The van der Waals surface area contributed by atoms with Crippen molar-refractivity contribution in [3.05, 3.63) is 23.3 Å². The summed E-state index contributed by atoms with van der Waals surface area (Å²) in [5.74, 6) is 1.57. The van der Waals surface area contributed by atoms with E-state index in [-0.39, 0.29) is 17.8 Å². The van der Waals surface area contributed by atoms with Crippen molar-refractivity contribution in [1.29, 1.82) is 0 Å². The van der Waals surface area contributed by atoms with Crippen molar-refractivity contribution >= 4 is 0 Å². The standard InChI is InChI=1S/C21H28N2O3/c1-19-15(22)6-7-21(25)16-10-13-4-5-14(24)18(26-19)17(13)20(19,21)8-9-23(16)11-12-2-3-12/h4-5,12,15-16,24-25H,2-3,6-11,22H2,1H3/t15?,16-,19?,20+,21-/m1/s1. The van der Waals surface area contributed by atoms with Crippen LogP contribution < -0.4 is 10.5 Å². The highest BCUT2D eigenvalue weighted by Gasteiger charge is 2.77. The molecule has 4 N–H and O–H groups in total. The van der Waals surface area contributed by atoms with Crippen LogP contribution in [0.1, 0.15) is 50.2 Å². The van der Waals surface area contributed by atoms with Crippen LogP contribution in [-0.2, 0) is 11.8 Å². The molecule has 1 spiro atoms. The zero-order valence-corrected chi connectivity index (χ0v) is 15.4. The van der Waals surface area contributed by atoms with Crippen LogP contribution in [0.25, 0.3) is 0 Å². The second-order valence-corrected chi connectivity index (χ2v) is 9.54. The lowest BCUT2D eigenvalue weighted by Crippen LogP contribution is -2.81. The van der Waals surface area contributed by atoms with Gasteiger partial charge in [-0.3, -0.25) is 4.90 Å². The number of benzene rings is 1. The molecule has 2 heterocycles. The van der Waals surface area contributed by atoms with Gasteiger partial charge in [0, 0.05) is 24.2 Å². The van der Waals surface area contributed by atoms with Crippen molar-refractivity contribution in [3.8, 4) is 11.5 Å². The molecule has 5 aliphatic rings. The van der Waals surface area contributed by atoms with Crippen molar-refractivity contribution in [3.63, 3.8) is 0 Å². The number of rotatable bonds is 2. The third-order valence-corrected chi connectivity index (χ3v) is 8.46. The Labute approximate surface area is 154 Å². The fourth-order valence-electron chi connectivity index (χ4n) is 6.97. The molecule has 5 heteroatoms. The number of piperidine rings is 1. The summed E-state index contributed by atoms with van der Waals surface area (Å²) in [7, 11) is 0. The maximum absolute atomic E-state index is 12.2. The summed E-state index contributed by atoms with van der Waals surface area (Å²) >= 11 is 0. The third-order valence-electron chi connectivity index (χ3n) is 8.46. The molecule has 2 unspecified atom stereocenters. The zero-order chi connectivity index (χ0) is 17.9. The first-order valence-electron chi connectivity index (χ1n) is 10.2. The molecule has 3 fully saturated rings. The lowest BCUT2D eigenvalue weighted by molar-refractivity contribution is -0.216. The molecular formula is C21H28N2O3. The van der Waals surface area contributed by atoms with Crippen molar-refractivity contribution in [2.75, 3.05) is 13.1 Å². The molecular weight excluding hydrogens is 328 g/mol. The first kappa shape index (κ1) is 15.7. The second kappa shape index (κ2) is 4.57. The fraction of sp³-hybridized carbons (Fsp3) is 0.714. The Balaban J connectivity index is 1.60. The number of aliphatic hydroxyl groups is 1. The molecule has 1 saturated heterocycles. The Morgan fingerprint density at radius 3 is 2.85 bits per heavy atom. The molecule has 5 atom stereocenters. The summed E-state index contributed by atoms with van der Waals surface area (Å²) in [6.07, 6.45) is 5.81. The van der Waals surface area contributed by atoms with E-state index in [4.69, 9.17) is 10.5 Å². The normalized spacial score (nSPS) is 46.0. The molecule has 2 bridgehead atoms. The number of ether oxygens (including phenoxy) is 1. The monoisotopic (exact) mass is 356 g/mol. The predicted molar refractivity (Wildman–Crippen MR) is 97.4 cm³/mol. The van der Waals surface area contributed by atoms with Gasteiger partial charge in [0.25, 0.3) is 0 Å². The second-order valence-electron chi connectivity index (χ2n) is 9.54. The minimum absolute atomic E-state index is 0.121. The summed E-state index contributed by atoms with van der Waals surface area (Å²) in [5, 5.41) is 22.7. The van der Waals surface area contributed by atoms with Gasteiger partial charge in [-0.2, -0.15) is 0 Å². The van der Waals surface area contributed by atoms with Crippen LogP contribution >= 0.6 is 0 Å². The third kappa shape index (κ3) is 1.53. The number of phenolic OH excluding ortho intramolecular Hbond substituents is 1. The van der Waals surface area contributed by atoms with Gasteiger partial charge in [0.1, 0.15) is 5.60 Å². The molecule has 2 aliphatic heterocycles. The maximum Gasteiger partial charge on any atom is 0.166 e. The van der Waals surface area contributed by atoms with Crippen LogP contribution in [0.2, 0.25) is 0 Å². The SMILES string of the molecule is CC12Oc3c(O)ccc4c3[C@@]13CCN(CC1CC1)[C@H](C4)[C@]3(O)CCC2N. The number of hydrogen-bond donors (Lipinski definition) is 3. The maximum atomic E-state index is 12.2. The van der Waals surface area contributed by atoms with E-state index in [1.165, 1.54) is 18.4 Å². The average Bonchev–Trinajstić information content (AvgIpc) is 3.36. The van der Waals surface area contributed by atoms with Crippen LogP contribution in [0.4, 0.5) is 0 Å². The summed E-state index contributed by atoms with van der Waals surface area (Å²) in [4.78, 5) is 2.55. The minimum Gasteiger partial charge on any atom is -0.504 e. The van der Waals surface area contributed by atoms with E-state index in [9.17, 15) is 10.2 Å². The minimum atomic E-state index is -0.837. The predicted octanol–water partition coefficient (Wildman–Crippen LogP) is 1.67. The first-order valence-corrected chi connectivity index (χ1v) is 10.2. The lowest BCUT2D eigenvalue weighted by atomic mass is 9.44. The average molecular weight is 356 g/mol. The van der Waals surface area contributed by atoms with Crippen molar-refractivity contribution in [2.45, 2.75) is 74.1 Å². The van der Waals surface area contributed by atoms with Gasteiger partial charge < -0.3 is 20.7 Å². The zero-order valence-electron chi connectivity index (χ0n) is 15.4. The number of phenols is 1. The lowest BCUT2D eigenvalue weighted by Gasteiger charge is -2.67. The van der Waals surface area contributed by atoms with E-state index in [1.807, 2.05) is 6.07 Å². The molecule has 26 heavy (non-hydrogen) atoms. The quantitative estimate of drug-likeness (QED) is 0.751. The Morgan fingerprint density at radius 1 is 1.27 bits per heavy atom. The van der Waals surface area contributed by atoms with Crippen LogP contribution in [0.3, 0.4) is 0 Å². The van der Waals surface area contributed by atoms with Crippen LogP contribution in [0.5, 0.6) is 11.5 Å². The number of likely N-dealkylation sites (tertiary alicyclic amines) is 1.